The number of nitrogens with zero attached hydrogens (tertiary/aromatic N) is 1. The molecule has 6 heteroatoms. The van der Waals surface area contributed by atoms with E-state index in [1.54, 1.807) is 20.2 Å². The lowest BCUT2D eigenvalue weighted by Crippen LogP contribution is -2.38. The van der Waals surface area contributed by atoms with Gasteiger partial charge in [-0.3, -0.25) is 0 Å². The molecule has 0 aliphatic rings. The highest BCUT2D eigenvalue weighted by molar-refractivity contribution is 7.88. The van der Waals surface area contributed by atoms with Gasteiger partial charge < -0.3 is 10.5 Å². The molecule has 0 aliphatic carbocycles. The maximum Gasteiger partial charge on any atom is 0.218 e. The van der Waals surface area contributed by atoms with E-state index in [1.807, 2.05) is 25.1 Å². The van der Waals surface area contributed by atoms with E-state index in [0.717, 1.165) is 11.1 Å². The Balaban J connectivity index is 2.90. The molecule has 1 aromatic carbocycles. The summed E-state index contributed by atoms with van der Waals surface area (Å²) in [5, 5.41) is 0. The molecule has 0 bridgehead atoms. The number of benzene rings is 1. The van der Waals surface area contributed by atoms with Gasteiger partial charge in [0.2, 0.25) is 10.0 Å². The fourth-order valence-electron chi connectivity index (χ4n) is 1.82. The van der Waals surface area contributed by atoms with Crippen LogP contribution in [0.2, 0.25) is 0 Å². The van der Waals surface area contributed by atoms with Crippen LogP contribution in [-0.4, -0.2) is 39.5 Å². The van der Waals surface area contributed by atoms with Crippen LogP contribution in [0.15, 0.2) is 24.3 Å². The summed E-state index contributed by atoms with van der Waals surface area (Å²) >= 11 is 0. The van der Waals surface area contributed by atoms with Gasteiger partial charge in [-0.1, -0.05) is 24.3 Å². The first-order chi connectivity index (χ1) is 8.92. The summed E-state index contributed by atoms with van der Waals surface area (Å²) in [7, 11) is -0.240. The number of sulfonamides is 1. The highest BCUT2D eigenvalue weighted by Gasteiger charge is 2.24. The van der Waals surface area contributed by atoms with E-state index in [9.17, 15) is 8.42 Å². The molecule has 1 atom stereocenters. The van der Waals surface area contributed by atoms with Gasteiger partial charge in [0.25, 0.3) is 0 Å². The number of ether oxygens (including phenoxy) is 1. The summed E-state index contributed by atoms with van der Waals surface area (Å²) in [6.07, 6.45) is 0. The van der Waals surface area contributed by atoms with Crippen LogP contribution < -0.4 is 5.73 Å². The molecule has 5 nitrogen and oxygen atoms in total. The number of methoxy groups -OCH3 is 1. The molecule has 0 spiro atoms. The van der Waals surface area contributed by atoms with E-state index in [2.05, 4.69) is 0 Å². The monoisotopic (exact) mass is 286 g/mol. The predicted octanol–water partition coefficient (Wildman–Crippen LogP) is 0.942. The third kappa shape index (κ3) is 4.28. The molecule has 0 fully saturated rings. The van der Waals surface area contributed by atoms with Crippen LogP contribution >= 0.6 is 0 Å². The molecular formula is C13H22N2O3S. The zero-order valence-corrected chi connectivity index (χ0v) is 12.5. The van der Waals surface area contributed by atoms with Crippen molar-refractivity contribution in [3.8, 4) is 0 Å². The molecule has 0 aromatic heterocycles. The van der Waals surface area contributed by atoms with Crippen molar-refractivity contribution in [2.24, 2.45) is 5.73 Å². The third-order valence-electron chi connectivity index (χ3n) is 3.14. The molecule has 1 rings (SSSR count). The van der Waals surface area contributed by atoms with Gasteiger partial charge in [-0.15, -0.1) is 0 Å². The molecule has 0 radical (unpaired) electrons. The number of rotatable bonds is 7. The maximum absolute atomic E-state index is 12.3. The molecule has 0 heterocycles. The largest absolute Gasteiger partial charge is 0.383 e. The molecule has 1 aromatic rings. The van der Waals surface area contributed by atoms with Gasteiger partial charge in [0.05, 0.1) is 12.4 Å². The number of hydrogen-bond acceptors (Lipinski definition) is 4. The van der Waals surface area contributed by atoms with E-state index < -0.39 is 10.0 Å². The van der Waals surface area contributed by atoms with Crippen molar-refractivity contribution in [3.63, 3.8) is 0 Å². The summed E-state index contributed by atoms with van der Waals surface area (Å²) in [6, 6.07) is 7.14. The smallest absolute Gasteiger partial charge is 0.218 e. The second-order valence-corrected chi connectivity index (χ2v) is 6.58. The molecule has 1 unspecified atom stereocenters. The van der Waals surface area contributed by atoms with Gasteiger partial charge >= 0.3 is 0 Å². The van der Waals surface area contributed by atoms with Gasteiger partial charge in [0.15, 0.2) is 0 Å². The highest BCUT2D eigenvalue weighted by atomic mass is 32.2. The normalized spacial score (nSPS) is 13.7. The zero-order valence-electron chi connectivity index (χ0n) is 11.7. The fourth-order valence-corrected chi connectivity index (χ4v) is 3.30. The highest BCUT2D eigenvalue weighted by Crippen LogP contribution is 2.15. The van der Waals surface area contributed by atoms with Crippen molar-refractivity contribution in [1.82, 2.24) is 4.31 Å². The molecule has 108 valence electrons. The summed E-state index contributed by atoms with van der Waals surface area (Å²) < 4.78 is 31.0. The Labute approximate surface area is 115 Å². The van der Waals surface area contributed by atoms with E-state index >= 15 is 0 Å². The topological polar surface area (TPSA) is 72.6 Å². The summed E-state index contributed by atoms with van der Waals surface area (Å²) in [6.45, 7) is 2.52. The third-order valence-corrected chi connectivity index (χ3v) is 5.06. The van der Waals surface area contributed by atoms with E-state index in [1.165, 1.54) is 4.31 Å². The average molecular weight is 286 g/mol. The first-order valence-electron chi connectivity index (χ1n) is 6.14. The first kappa shape index (κ1) is 16.1. The van der Waals surface area contributed by atoms with Gasteiger partial charge in [0.1, 0.15) is 0 Å². The van der Waals surface area contributed by atoms with E-state index in [0.29, 0.717) is 13.2 Å². The maximum atomic E-state index is 12.3. The Morgan fingerprint density at radius 2 is 1.89 bits per heavy atom. The second-order valence-electron chi connectivity index (χ2n) is 4.55. The summed E-state index contributed by atoms with van der Waals surface area (Å²) in [5.74, 6) is -0.0368. The second kappa shape index (κ2) is 7.00. The number of nitrogens with two attached hydrogens (primary N) is 1. The quantitative estimate of drug-likeness (QED) is 0.809. The fraction of sp³-hybridized carbons (Fsp3) is 0.538. The average Bonchev–Trinajstić information content (AvgIpc) is 2.38. The van der Waals surface area contributed by atoms with Crippen LogP contribution in [0, 0.1) is 0 Å². The van der Waals surface area contributed by atoms with Gasteiger partial charge in [-0.05, 0) is 18.1 Å². The van der Waals surface area contributed by atoms with Crippen molar-refractivity contribution in [3.05, 3.63) is 35.4 Å². The molecule has 0 aliphatic heterocycles. The summed E-state index contributed by atoms with van der Waals surface area (Å²) in [5.41, 5.74) is 7.24. The van der Waals surface area contributed by atoms with Crippen LogP contribution in [0.1, 0.15) is 18.1 Å². The van der Waals surface area contributed by atoms with Crippen molar-refractivity contribution in [1.29, 1.82) is 0 Å². The zero-order chi connectivity index (χ0) is 14.5. The molecule has 0 saturated heterocycles. The molecule has 0 saturated carbocycles. The lowest BCUT2D eigenvalue weighted by atomic mass is 10.1. The standard InChI is InChI=1S/C13H22N2O3S/c1-11(9-18-3)15(2)19(16,17)10-13-7-5-4-6-12(13)8-14/h4-7,11H,8-10,14H2,1-3H3. The van der Waals surface area contributed by atoms with Crippen molar-refractivity contribution in [2.75, 3.05) is 20.8 Å². The minimum absolute atomic E-state index is 0.0368. The van der Waals surface area contributed by atoms with E-state index in [4.69, 9.17) is 10.5 Å². The Morgan fingerprint density at radius 3 is 2.42 bits per heavy atom. The lowest BCUT2D eigenvalue weighted by molar-refractivity contribution is 0.149. The van der Waals surface area contributed by atoms with Crippen LogP contribution in [0.25, 0.3) is 0 Å². The van der Waals surface area contributed by atoms with Crippen LogP contribution in [0.3, 0.4) is 0 Å². The van der Waals surface area contributed by atoms with Crippen LogP contribution in [0.4, 0.5) is 0 Å². The molecule has 19 heavy (non-hydrogen) atoms. The lowest BCUT2D eigenvalue weighted by Gasteiger charge is -2.24. The SMILES string of the molecule is COCC(C)N(C)S(=O)(=O)Cc1ccccc1CN. The molecular weight excluding hydrogens is 264 g/mol. The van der Waals surface area contributed by atoms with Crippen molar-refractivity contribution < 1.29 is 13.2 Å². The first-order valence-corrected chi connectivity index (χ1v) is 7.74. The van der Waals surface area contributed by atoms with Crippen molar-refractivity contribution in [2.45, 2.75) is 25.3 Å². The van der Waals surface area contributed by atoms with Gasteiger partial charge in [0, 0.05) is 26.7 Å². The summed E-state index contributed by atoms with van der Waals surface area (Å²) in [4.78, 5) is 0. The minimum Gasteiger partial charge on any atom is -0.383 e. The van der Waals surface area contributed by atoms with Crippen LogP contribution in [-0.2, 0) is 27.1 Å². The van der Waals surface area contributed by atoms with Crippen molar-refractivity contribution >= 4 is 10.0 Å². The predicted molar refractivity (Wildman–Crippen MR) is 76.1 cm³/mol. The number of hydrogen-bond donors (Lipinski definition) is 1. The molecule has 0 amide bonds. The Morgan fingerprint density at radius 1 is 1.32 bits per heavy atom. The minimum atomic E-state index is -3.37. The van der Waals surface area contributed by atoms with Crippen LogP contribution in [0.5, 0.6) is 0 Å². The number of likely N-dealkylation sites (N-methyl/N-ethyl adjacent to an activating group) is 1. The Hall–Kier alpha value is -0.950. The van der Waals surface area contributed by atoms with Gasteiger partial charge in [-0.2, -0.15) is 4.31 Å². The van der Waals surface area contributed by atoms with Gasteiger partial charge in [-0.25, -0.2) is 8.42 Å². The van der Waals surface area contributed by atoms with E-state index in [-0.39, 0.29) is 11.8 Å². The Kier molecular flexibility index (Phi) is 5.93. The molecule has 2 N–H and O–H groups in total. The Bertz CT molecular complexity index is 502.